The summed E-state index contributed by atoms with van der Waals surface area (Å²) in [7, 11) is -4.91. The molecule has 0 spiro atoms. The van der Waals surface area contributed by atoms with Crippen molar-refractivity contribution in [2.75, 3.05) is 12.3 Å². The molecule has 2 heterocycles. The number of pyridine rings is 1. The van der Waals surface area contributed by atoms with Crippen LogP contribution in [0.15, 0.2) is 71.8 Å². The van der Waals surface area contributed by atoms with Crippen LogP contribution >= 0.6 is 0 Å². The number of sulfone groups is 1. The van der Waals surface area contributed by atoms with Gasteiger partial charge >= 0.3 is 6.18 Å². The van der Waals surface area contributed by atoms with Gasteiger partial charge in [0.05, 0.1) is 23.2 Å². The van der Waals surface area contributed by atoms with Crippen LogP contribution < -0.4 is 5.32 Å². The van der Waals surface area contributed by atoms with Gasteiger partial charge in [0.1, 0.15) is 5.69 Å². The van der Waals surface area contributed by atoms with Gasteiger partial charge in [-0.2, -0.15) is 13.2 Å². The zero-order valence-corrected chi connectivity index (χ0v) is 21.8. The number of hydrogen-bond donors (Lipinski definition) is 2. The first-order chi connectivity index (χ1) is 21.0. The van der Waals surface area contributed by atoms with Crippen molar-refractivity contribution in [2.24, 2.45) is 0 Å². The van der Waals surface area contributed by atoms with Crippen LogP contribution in [0, 0.1) is 0 Å². The lowest BCUT2D eigenvalue weighted by Crippen LogP contribution is -2.30. The fourth-order valence-electron chi connectivity index (χ4n) is 4.78. The van der Waals surface area contributed by atoms with Gasteiger partial charge in [0.2, 0.25) is 0 Å². The number of fused-ring (bicyclic) bond motifs is 1. The Kier molecular flexibility index (Phi) is 5.90. The SMILES string of the molecule is [2H]C([2H])([2H])C([2H])([2H])S(=O)(=O)c1ccc(C(CO)NC(=O)c2ccc3c(c2)cc(Cc2cccnc2C(F)(F)F)n3C2CC2)cc1. The third-order valence-electron chi connectivity index (χ3n) is 6.84. The van der Waals surface area contributed by atoms with E-state index in [9.17, 15) is 31.5 Å². The van der Waals surface area contributed by atoms with Crippen molar-refractivity contribution in [3.05, 3.63) is 94.9 Å². The topological polar surface area (TPSA) is 101 Å². The summed E-state index contributed by atoms with van der Waals surface area (Å²) in [5.41, 5.74) is -2.56. The number of aromatic nitrogens is 2. The molecule has 4 aromatic rings. The zero-order valence-electron chi connectivity index (χ0n) is 25.9. The van der Waals surface area contributed by atoms with Gasteiger partial charge in [-0.15, -0.1) is 0 Å². The van der Waals surface area contributed by atoms with Gasteiger partial charge in [0, 0.05) is 47.7 Å². The Morgan fingerprint density at radius 2 is 1.95 bits per heavy atom. The summed E-state index contributed by atoms with van der Waals surface area (Å²) in [5.74, 6) is -0.585. The van der Waals surface area contributed by atoms with Crippen molar-refractivity contribution < 1.29 is 38.3 Å². The Balaban J connectivity index is 1.39. The molecule has 1 atom stereocenters. The van der Waals surface area contributed by atoms with Crippen LogP contribution in [-0.2, 0) is 22.4 Å². The first-order valence-corrected chi connectivity index (χ1v) is 13.9. The molecule has 1 aliphatic rings. The molecule has 0 saturated heterocycles. The van der Waals surface area contributed by atoms with Crippen LogP contribution in [0.1, 0.15) is 71.5 Å². The molecule has 210 valence electrons. The average molecular weight is 577 g/mol. The summed E-state index contributed by atoms with van der Waals surface area (Å²) in [6, 6.07) is 13.1. The quantitative estimate of drug-likeness (QED) is 0.284. The van der Waals surface area contributed by atoms with Gasteiger partial charge in [-0.25, -0.2) is 8.42 Å². The fourth-order valence-corrected chi connectivity index (χ4v) is 5.39. The molecule has 1 amide bonds. The number of rotatable bonds is 9. The highest BCUT2D eigenvalue weighted by Crippen LogP contribution is 2.41. The van der Waals surface area contributed by atoms with Crippen LogP contribution in [0.25, 0.3) is 10.9 Å². The molecule has 40 heavy (non-hydrogen) atoms. The Labute approximate surface area is 236 Å². The lowest BCUT2D eigenvalue weighted by atomic mass is 10.1. The maximum Gasteiger partial charge on any atom is 0.433 e. The summed E-state index contributed by atoms with van der Waals surface area (Å²) in [5, 5.41) is 13.3. The van der Waals surface area contributed by atoms with Crippen molar-refractivity contribution >= 4 is 26.6 Å². The minimum Gasteiger partial charge on any atom is -0.394 e. The molecule has 1 unspecified atom stereocenters. The number of carbonyl (C=O) groups is 1. The van der Waals surface area contributed by atoms with Crippen molar-refractivity contribution in [3.63, 3.8) is 0 Å². The number of aliphatic hydroxyl groups excluding tert-OH is 1. The molecule has 7 nitrogen and oxygen atoms in total. The number of amides is 1. The molecule has 2 aromatic carbocycles. The maximum atomic E-state index is 13.6. The van der Waals surface area contributed by atoms with Crippen LogP contribution in [0.4, 0.5) is 13.2 Å². The number of alkyl halides is 3. The van der Waals surface area contributed by atoms with Gasteiger partial charge in [-0.3, -0.25) is 9.78 Å². The van der Waals surface area contributed by atoms with E-state index in [1.54, 1.807) is 24.3 Å². The van der Waals surface area contributed by atoms with Crippen molar-refractivity contribution in [2.45, 2.75) is 49.3 Å². The second-order valence-corrected chi connectivity index (χ2v) is 11.3. The van der Waals surface area contributed by atoms with E-state index in [0.29, 0.717) is 11.1 Å². The standard InChI is InChI=1S/C29H28F3N3O4S/c1-2-40(38,39)24-10-5-18(6-11-24)25(17-36)34-28(37)20-7-12-26-21(14-20)16-23(35(26)22-8-9-22)15-19-4-3-13-33-27(19)29(30,31)32/h3-7,10-14,16,22,25,36H,2,8-9,15,17H2,1H3,(H,34,37)/i1D3,2D2. The van der Waals surface area contributed by atoms with E-state index in [-0.39, 0.29) is 29.2 Å². The first kappa shape index (κ1) is 22.0. The molecule has 1 saturated carbocycles. The molecule has 1 fully saturated rings. The van der Waals surface area contributed by atoms with Crippen LogP contribution in [0.3, 0.4) is 0 Å². The molecule has 2 N–H and O–H groups in total. The van der Waals surface area contributed by atoms with Crippen molar-refractivity contribution in [1.82, 2.24) is 14.9 Å². The van der Waals surface area contributed by atoms with Gasteiger partial charge < -0.3 is 15.0 Å². The number of halogens is 3. The monoisotopic (exact) mass is 576 g/mol. The summed E-state index contributed by atoms with van der Waals surface area (Å²) < 4.78 is 105. The molecular weight excluding hydrogens is 543 g/mol. The number of benzene rings is 2. The second kappa shape index (κ2) is 10.7. The lowest BCUT2D eigenvalue weighted by molar-refractivity contribution is -0.141. The van der Waals surface area contributed by atoms with Crippen LogP contribution in [0.5, 0.6) is 0 Å². The van der Waals surface area contributed by atoms with Crippen molar-refractivity contribution in [3.8, 4) is 0 Å². The van der Waals surface area contributed by atoms with Gasteiger partial charge in [-0.05, 0) is 66.4 Å². The number of hydrogen-bond acceptors (Lipinski definition) is 5. The molecule has 1 aliphatic carbocycles. The maximum absolute atomic E-state index is 13.6. The summed E-state index contributed by atoms with van der Waals surface area (Å²) in [6.45, 7) is -4.01. The molecule has 2 aromatic heterocycles. The predicted octanol–water partition coefficient (Wildman–Crippen LogP) is 5.24. The lowest BCUT2D eigenvalue weighted by Gasteiger charge is -2.17. The molecular formula is C29H28F3N3O4S. The van der Waals surface area contributed by atoms with Crippen molar-refractivity contribution in [1.29, 1.82) is 0 Å². The van der Waals surface area contributed by atoms with E-state index in [1.807, 2.05) is 4.57 Å². The Bertz CT molecular complexity index is 1860. The van der Waals surface area contributed by atoms with E-state index < -0.39 is 57.7 Å². The predicted molar refractivity (Wildman–Crippen MR) is 144 cm³/mol. The Morgan fingerprint density at radius 1 is 1.20 bits per heavy atom. The minimum absolute atomic E-state index is 0.0123. The van der Waals surface area contributed by atoms with Gasteiger partial charge in [0.15, 0.2) is 9.84 Å². The van der Waals surface area contributed by atoms with E-state index in [1.165, 1.54) is 24.3 Å². The number of aliphatic hydroxyl groups is 1. The van der Waals surface area contributed by atoms with E-state index in [4.69, 9.17) is 6.85 Å². The largest absolute Gasteiger partial charge is 0.433 e. The zero-order chi connectivity index (χ0) is 32.9. The molecule has 5 rings (SSSR count). The fraction of sp³-hybridized carbons (Fsp3) is 0.310. The van der Waals surface area contributed by atoms with E-state index in [2.05, 4.69) is 10.3 Å². The molecule has 0 aliphatic heterocycles. The van der Waals surface area contributed by atoms with Crippen LogP contribution in [-0.4, -0.2) is 41.3 Å². The molecule has 0 bridgehead atoms. The smallest absolute Gasteiger partial charge is 0.394 e. The third kappa shape index (κ3) is 5.62. The van der Waals surface area contributed by atoms with E-state index >= 15 is 0 Å². The Hall–Kier alpha value is -3.70. The summed E-state index contributed by atoms with van der Waals surface area (Å²) in [6.07, 6.45) is -1.78. The number of nitrogens with zero attached hydrogens (tertiary/aromatic N) is 2. The second-order valence-electron chi connectivity index (χ2n) is 9.58. The van der Waals surface area contributed by atoms with Gasteiger partial charge in [0.25, 0.3) is 5.91 Å². The first-order valence-electron chi connectivity index (χ1n) is 14.9. The van der Waals surface area contributed by atoms with E-state index in [0.717, 1.165) is 36.7 Å². The normalized spacial score (nSPS) is 17.4. The highest BCUT2D eigenvalue weighted by Gasteiger charge is 2.36. The van der Waals surface area contributed by atoms with Gasteiger partial charge in [-0.1, -0.05) is 25.1 Å². The number of nitrogens with one attached hydrogen (secondary N) is 1. The summed E-state index contributed by atoms with van der Waals surface area (Å²) in [4.78, 5) is 16.2. The highest BCUT2D eigenvalue weighted by molar-refractivity contribution is 7.91. The minimum atomic E-state index is -4.91. The highest BCUT2D eigenvalue weighted by atomic mass is 32.2. The average Bonchev–Trinajstić information content (AvgIpc) is 3.75. The van der Waals surface area contributed by atoms with Crippen LogP contribution in [0.2, 0.25) is 0 Å². The third-order valence-corrected chi connectivity index (χ3v) is 8.00. The molecule has 0 radical (unpaired) electrons. The summed E-state index contributed by atoms with van der Waals surface area (Å²) >= 11 is 0. The number of carbonyl (C=O) groups excluding carboxylic acids is 1. The molecule has 11 heteroatoms. The Morgan fingerprint density at radius 3 is 2.60 bits per heavy atom.